The van der Waals surface area contributed by atoms with E-state index < -0.39 is 23.8 Å². The zero-order chi connectivity index (χ0) is 17.1. The standard InChI is InChI=1S/C13H11F3O4.C2H6/c1-2-6-3-7-4-8(12(18)19)11(13(14,15)16)20-10(7)5-9(6)17;1-2/h3-5,11,17H,2H2,1H3,(H,18,19);1-2H3. The molecule has 0 aromatic heterocycles. The number of phenols is 1. The van der Waals surface area contributed by atoms with Crippen LogP contribution in [0.1, 0.15) is 31.9 Å². The summed E-state index contributed by atoms with van der Waals surface area (Å²) < 4.78 is 43.1. The summed E-state index contributed by atoms with van der Waals surface area (Å²) in [7, 11) is 0. The van der Waals surface area contributed by atoms with E-state index in [9.17, 15) is 23.1 Å². The molecular formula is C15H17F3O4. The Hall–Kier alpha value is -2.18. The number of alkyl halides is 3. The molecule has 122 valence electrons. The van der Waals surface area contributed by atoms with Crippen LogP contribution in [0.4, 0.5) is 13.2 Å². The van der Waals surface area contributed by atoms with Gasteiger partial charge in [0.05, 0.1) is 5.57 Å². The number of halogens is 3. The molecule has 0 fully saturated rings. The summed E-state index contributed by atoms with van der Waals surface area (Å²) in [5.74, 6) is -2.06. The molecule has 1 aromatic carbocycles. The molecule has 2 rings (SSSR count). The maximum atomic E-state index is 12.8. The van der Waals surface area contributed by atoms with Crippen LogP contribution in [0.25, 0.3) is 6.08 Å². The number of carbonyl (C=O) groups is 1. The summed E-state index contributed by atoms with van der Waals surface area (Å²) >= 11 is 0. The number of aliphatic carboxylic acids is 1. The zero-order valence-corrected chi connectivity index (χ0v) is 12.4. The zero-order valence-electron chi connectivity index (χ0n) is 12.4. The Balaban J connectivity index is 0.00000116. The van der Waals surface area contributed by atoms with Gasteiger partial charge in [0.2, 0.25) is 6.10 Å². The molecule has 2 N–H and O–H groups in total. The highest BCUT2D eigenvalue weighted by molar-refractivity contribution is 5.95. The van der Waals surface area contributed by atoms with Gasteiger partial charge in [-0.3, -0.25) is 0 Å². The van der Waals surface area contributed by atoms with Crippen LogP contribution >= 0.6 is 0 Å². The molecule has 1 aromatic rings. The average molecular weight is 318 g/mol. The van der Waals surface area contributed by atoms with E-state index in [-0.39, 0.29) is 17.1 Å². The van der Waals surface area contributed by atoms with Gasteiger partial charge in [0.25, 0.3) is 0 Å². The Morgan fingerprint density at radius 3 is 2.36 bits per heavy atom. The normalized spacial score (nSPS) is 16.6. The molecule has 0 spiro atoms. The predicted octanol–water partition coefficient (Wildman–Crippen LogP) is 3.77. The molecule has 1 heterocycles. The molecule has 1 aliphatic rings. The first kappa shape index (κ1) is 17.9. The minimum Gasteiger partial charge on any atom is -0.508 e. The third-order valence-electron chi connectivity index (χ3n) is 2.97. The molecule has 22 heavy (non-hydrogen) atoms. The third kappa shape index (κ3) is 3.52. The number of hydrogen-bond donors (Lipinski definition) is 2. The van der Waals surface area contributed by atoms with Crippen molar-refractivity contribution in [1.29, 1.82) is 0 Å². The molecular weight excluding hydrogens is 301 g/mol. The number of phenolic OH excluding ortho intramolecular Hbond substituents is 1. The number of rotatable bonds is 2. The Morgan fingerprint density at radius 1 is 1.32 bits per heavy atom. The summed E-state index contributed by atoms with van der Waals surface area (Å²) in [4.78, 5) is 10.9. The van der Waals surface area contributed by atoms with Crippen molar-refractivity contribution in [3.8, 4) is 11.5 Å². The number of aryl methyl sites for hydroxylation is 1. The van der Waals surface area contributed by atoms with Crippen LogP contribution in [0.2, 0.25) is 0 Å². The van der Waals surface area contributed by atoms with E-state index in [1.165, 1.54) is 6.07 Å². The number of hydrogen-bond acceptors (Lipinski definition) is 3. The van der Waals surface area contributed by atoms with Crippen LogP contribution < -0.4 is 4.74 Å². The molecule has 0 saturated heterocycles. The van der Waals surface area contributed by atoms with Gasteiger partial charge >= 0.3 is 12.1 Å². The second-order valence-corrected chi connectivity index (χ2v) is 4.32. The second kappa shape index (κ2) is 6.72. The lowest BCUT2D eigenvalue weighted by Gasteiger charge is -2.27. The van der Waals surface area contributed by atoms with Crippen LogP contribution in [0, 0.1) is 0 Å². The Morgan fingerprint density at radius 2 is 1.91 bits per heavy atom. The largest absolute Gasteiger partial charge is 0.508 e. The van der Waals surface area contributed by atoms with Gasteiger partial charge < -0.3 is 14.9 Å². The number of carboxylic acid groups (broad SMARTS) is 1. The van der Waals surface area contributed by atoms with Gasteiger partial charge in [-0.05, 0) is 24.1 Å². The highest BCUT2D eigenvalue weighted by Gasteiger charge is 2.48. The van der Waals surface area contributed by atoms with E-state index in [1.54, 1.807) is 6.92 Å². The number of carboxylic acids is 1. The van der Waals surface area contributed by atoms with Crippen molar-refractivity contribution in [2.45, 2.75) is 39.5 Å². The van der Waals surface area contributed by atoms with Crippen molar-refractivity contribution < 1.29 is 32.9 Å². The number of ether oxygens (including phenoxy) is 1. The maximum Gasteiger partial charge on any atom is 0.430 e. The van der Waals surface area contributed by atoms with Gasteiger partial charge in [0, 0.05) is 11.6 Å². The van der Waals surface area contributed by atoms with E-state index in [2.05, 4.69) is 0 Å². The van der Waals surface area contributed by atoms with E-state index in [0.29, 0.717) is 12.0 Å². The second-order valence-electron chi connectivity index (χ2n) is 4.32. The minimum atomic E-state index is -4.85. The average Bonchev–Trinajstić information content (AvgIpc) is 2.46. The smallest absolute Gasteiger partial charge is 0.430 e. The van der Waals surface area contributed by atoms with Crippen molar-refractivity contribution in [3.63, 3.8) is 0 Å². The van der Waals surface area contributed by atoms with E-state index in [1.807, 2.05) is 13.8 Å². The lowest BCUT2D eigenvalue weighted by molar-refractivity contribution is -0.187. The van der Waals surface area contributed by atoms with Crippen molar-refractivity contribution >= 4 is 12.0 Å². The summed E-state index contributed by atoms with van der Waals surface area (Å²) in [6.07, 6.45) is -6.00. The number of benzene rings is 1. The first-order valence-corrected chi connectivity index (χ1v) is 6.78. The molecule has 1 unspecified atom stereocenters. The topological polar surface area (TPSA) is 66.8 Å². The van der Waals surface area contributed by atoms with Crippen LogP contribution in [-0.2, 0) is 11.2 Å². The van der Waals surface area contributed by atoms with E-state index in [4.69, 9.17) is 9.84 Å². The summed E-state index contributed by atoms with van der Waals surface area (Å²) in [6, 6.07) is 2.49. The Kier molecular flexibility index (Phi) is 5.46. The van der Waals surface area contributed by atoms with Crippen molar-refractivity contribution in [2.75, 3.05) is 0 Å². The lowest BCUT2D eigenvalue weighted by Crippen LogP contribution is -2.40. The highest BCUT2D eigenvalue weighted by Crippen LogP contribution is 2.39. The molecule has 0 amide bonds. The fourth-order valence-corrected chi connectivity index (χ4v) is 1.98. The van der Waals surface area contributed by atoms with Gasteiger partial charge in [-0.1, -0.05) is 20.8 Å². The predicted molar refractivity (Wildman–Crippen MR) is 74.9 cm³/mol. The summed E-state index contributed by atoms with van der Waals surface area (Å²) in [5, 5.41) is 18.5. The lowest BCUT2D eigenvalue weighted by atomic mass is 9.98. The third-order valence-corrected chi connectivity index (χ3v) is 2.97. The van der Waals surface area contributed by atoms with Gasteiger partial charge in [0.1, 0.15) is 11.5 Å². The number of fused-ring (bicyclic) bond motifs is 1. The molecule has 1 atom stereocenters. The van der Waals surface area contributed by atoms with Crippen LogP contribution in [0.3, 0.4) is 0 Å². The highest BCUT2D eigenvalue weighted by atomic mass is 19.4. The van der Waals surface area contributed by atoms with E-state index in [0.717, 1.165) is 12.1 Å². The maximum absolute atomic E-state index is 12.8. The number of aromatic hydroxyl groups is 1. The van der Waals surface area contributed by atoms with Crippen molar-refractivity contribution in [3.05, 3.63) is 28.8 Å². The first-order valence-electron chi connectivity index (χ1n) is 6.78. The van der Waals surface area contributed by atoms with Gasteiger partial charge in [-0.15, -0.1) is 0 Å². The molecule has 0 aliphatic carbocycles. The monoisotopic (exact) mass is 318 g/mol. The molecule has 4 nitrogen and oxygen atoms in total. The quantitative estimate of drug-likeness (QED) is 0.871. The molecule has 0 radical (unpaired) electrons. The summed E-state index contributed by atoms with van der Waals surface area (Å²) in [5.41, 5.74) is -0.172. The fourth-order valence-electron chi connectivity index (χ4n) is 1.98. The fraction of sp³-hybridized carbons (Fsp3) is 0.400. The van der Waals surface area contributed by atoms with Crippen LogP contribution in [0.5, 0.6) is 11.5 Å². The summed E-state index contributed by atoms with van der Waals surface area (Å²) in [6.45, 7) is 5.76. The van der Waals surface area contributed by atoms with Crippen molar-refractivity contribution in [2.24, 2.45) is 0 Å². The molecule has 7 heteroatoms. The van der Waals surface area contributed by atoms with Gasteiger partial charge in [0.15, 0.2) is 0 Å². The first-order chi connectivity index (χ1) is 10.2. The molecule has 0 saturated carbocycles. The minimum absolute atomic E-state index is 0.181. The van der Waals surface area contributed by atoms with Crippen LogP contribution in [0.15, 0.2) is 17.7 Å². The Labute approximate surface area is 125 Å². The van der Waals surface area contributed by atoms with Crippen molar-refractivity contribution in [1.82, 2.24) is 0 Å². The van der Waals surface area contributed by atoms with E-state index >= 15 is 0 Å². The van der Waals surface area contributed by atoms with Gasteiger partial charge in [-0.25, -0.2) is 4.79 Å². The molecule has 1 aliphatic heterocycles. The Bertz CT molecular complexity index is 591. The van der Waals surface area contributed by atoms with Crippen LogP contribution in [-0.4, -0.2) is 28.5 Å². The molecule has 0 bridgehead atoms. The SMILES string of the molecule is CC.CCc1cc2c(cc1O)OC(C(F)(F)F)C(C(=O)O)=C2. The van der Waals surface area contributed by atoms with Gasteiger partial charge in [-0.2, -0.15) is 13.2 Å².